The lowest BCUT2D eigenvalue weighted by atomic mass is 9.84. The highest BCUT2D eigenvalue weighted by atomic mass is 16.5. The zero-order valence-corrected chi connectivity index (χ0v) is 17.2. The van der Waals surface area contributed by atoms with Crippen molar-refractivity contribution in [3.8, 4) is 0 Å². The van der Waals surface area contributed by atoms with E-state index >= 15 is 0 Å². The molecule has 3 nitrogen and oxygen atoms in total. The standard InChI is InChI=1S/C27H26O3/c1-30-27(29)20-12-10-19(11-13-20)14-25(17-23-8-4-5-9-24(23)18-28)26-15-21-6-2-3-7-22(21)16-26/h2-13,15,25,28H,14,16-18H2,1H3/t25-/m0/s1. The van der Waals surface area contributed by atoms with Crippen molar-refractivity contribution in [2.45, 2.75) is 25.9 Å². The van der Waals surface area contributed by atoms with Crippen LogP contribution in [0, 0.1) is 5.92 Å². The van der Waals surface area contributed by atoms with Crippen LogP contribution >= 0.6 is 0 Å². The topological polar surface area (TPSA) is 46.5 Å². The lowest BCUT2D eigenvalue weighted by Gasteiger charge is -2.21. The van der Waals surface area contributed by atoms with Crippen LogP contribution in [-0.2, 0) is 30.6 Å². The Morgan fingerprint density at radius 3 is 2.33 bits per heavy atom. The van der Waals surface area contributed by atoms with Crippen molar-refractivity contribution in [3.63, 3.8) is 0 Å². The molecule has 0 radical (unpaired) electrons. The summed E-state index contributed by atoms with van der Waals surface area (Å²) in [6.07, 6.45) is 5.03. The molecule has 0 saturated carbocycles. The van der Waals surface area contributed by atoms with Gasteiger partial charge < -0.3 is 9.84 Å². The molecule has 3 heteroatoms. The van der Waals surface area contributed by atoms with Crippen LogP contribution in [0.25, 0.3) is 6.08 Å². The molecule has 1 N–H and O–H groups in total. The quantitative estimate of drug-likeness (QED) is 0.569. The van der Waals surface area contributed by atoms with Gasteiger partial charge in [-0.05, 0) is 65.1 Å². The van der Waals surface area contributed by atoms with Gasteiger partial charge in [0.25, 0.3) is 0 Å². The number of carbonyl (C=O) groups is 1. The molecule has 152 valence electrons. The molecule has 0 amide bonds. The van der Waals surface area contributed by atoms with Gasteiger partial charge >= 0.3 is 5.97 Å². The zero-order valence-electron chi connectivity index (χ0n) is 17.2. The summed E-state index contributed by atoms with van der Waals surface area (Å²) in [4.78, 5) is 11.7. The molecule has 0 heterocycles. The molecule has 0 bridgehead atoms. The molecular weight excluding hydrogens is 372 g/mol. The fourth-order valence-electron chi connectivity index (χ4n) is 4.26. The van der Waals surface area contributed by atoms with Gasteiger partial charge in [-0.1, -0.05) is 72.3 Å². The highest BCUT2D eigenvalue weighted by molar-refractivity contribution is 5.89. The van der Waals surface area contributed by atoms with Gasteiger partial charge in [0.15, 0.2) is 0 Å². The van der Waals surface area contributed by atoms with Crippen LogP contribution in [0.3, 0.4) is 0 Å². The first-order chi connectivity index (χ1) is 14.7. The van der Waals surface area contributed by atoms with Gasteiger partial charge in [-0.3, -0.25) is 0 Å². The molecule has 1 atom stereocenters. The third-order valence-corrected chi connectivity index (χ3v) is 5.93. The third kappa shape index (κ3) is 4.37. The van der Waals surface area contributed by atoms with E-state index in [0.717, 1.165) is 24.8 Å². The number of methoxy groups -OCH3 is 1. The van der Waals surface area contributed by atoms with Crippen LogP contribution in [0.2, 0.25) is 0 Å². The van der Waals surface area contributed by atoms with Crippen LogP contribution in [0.4, 0.5) is 0 Å². The van der Waals surface area contributed by atoms with Gasteiger partial charge in [0.2, 0.25) is 0 Å². The van der Waals surface area contributed by atoms with E-state index in [2.05, 4.69) is 36.4 Å². The molecule has 0 spiro atoms. The average molecular weight is 399 g/mol. The van der Waals surface area contributed by atoms with Gasteiger partial charge in [0.05, 0.1) is 19.3 Å². The summed E-state index contributed by atoms with van der Waals surface area (Å²) in [5.41, 5.74) is 8.01. The zero-order chi connectivity index (χ0) is 20.9. The monoisotopic (exact) mass is 398 g/mol. The maximum atomic E-state index is 11.7. The van der Waals surface area contributed by atoms with E-state index in [1.54, 1.807) is 0 Å². The smallest absolute Gasteiger partial charge is 0.337 e. The normalized spacial score (nSPS) is 13.5. The Kier molecular flexibility index (Phi) is 6.10. The number of hydrogen-bond acceptors (Lipinski definition) is 3. The maximum absolute atomic E-state index is 11.7. The number of aliphatic hydroxyl groups is 1. The second-order valence-corrected chi connectivity index (χ2v) is 7.82. The first-order valence-electron chi connectivity index (χ1n) is 10.3. The minimum absolute atomic E-state index is 0.0516. The lowest BCUT2D eigenvalue weighted by molar-refractivity contribution is 0.0600. The van der Waals surface area contributed by atoms with Gasteiger partial charge in [0.1, 0.15) is 0 Å². The van der Waals surface area contributed by atoms with Gasteiger partial charge in [-0.2, -0.15) is 0 Å². The minimum atomic E-state index is -0.316. The van der Waals surface area contributed by atoms with Crippen LogP contribution in [0.1, 0.15) is 38.2 Å². The molecule has 3 aromatic rings. The fourth-order valence-corrected chi connectivity index (χ4v) is 4.26. The highest BCUT2D eigenvalue weighted by Crippen LogP contribution is 2.33. The van der Waals surface area contributed by atoms with Gasteiger partial charge in [0, 0.05) is 0 Å². The van der Waals surface area contributed by atoms with E-state index < -0.39 is 0 Å². The Labute approximate surface area is 177 Å². The Balaban J connectivity index is 1.61. The van der Waals surface area contributed by atoms with E-state index in [-0.39, 0.29) is 12.6 Å². The van der Waals surface area contributed by atoms with Crippen molar-refractivity contribution < 1.29 is 14.6 Å². The molecule has 0 unspecified atom stereocenters. The summed E-state index contributed by atoms with van der Waals surface area (Å²) in [6.45, 7) is 0.0516. The summed E-state index contributed by atoms with van der Waals surface area (Å²) < 4.78 is 4.81. The van der Waals surface area contributed by atoms with Crippen LogP contribution < -0.4 is 0 Å². The van der Waals surface area contributed by atoms with E-state index in [1.165, 1.54) is 34.9 Å². The molecule has 0 saturated heterocycles. The summed E-state index contributed by atoms with van der Waals surface area (Å²) in [5.74, 6) is -0.00185. The van der Waals surface area contributed by atoms with Crippen LogP contribution in [0.5, 0.6) is 0 Å². The largest absolute Gasteiger partial charge is 0.465 e. The summed E-state index contributed by atoms with van der Waals surface area (Å²) in [6, 6.07) is 24.4. The molecule has 0 aliphatic heterocycles. The van der Waals surface area contributed by atoms with E-state index in [9.17, 15) is 9.90 Å². The Morgan fingerprint density at radius 1 is 0.933 bits per heavy atom. The maximum Gasteiger partial charge on any atom is 0.337 e. The van der Waals surface area contributed by atoms with Crippen molar-refractivity contribution in [2.75, 3.05) is 7.11 Å². The number of allylic oxidation sites excluding steroid dienone is 1. The number of aliphatic hydroxyl groups excluding tert-OH is 1. The first-order valence-corrected chi connectivity index (χ1v) is 10.3. The molecule has 1 aliphatic carbocycles. The second-order valence-electron chi connectivity index (χ2n) is 7.82. The Hall–Kier alpha value is -3.17. The fraction of sp³-hybridized carbons (Fsp3) is 0.222. The molecule has 0 aromatic heterocycles. The van der Waals surface area contributed by atoms with Crippen molar-refractivity contribution >= 4 is 12.0 Å². The summed E-state index contributed by atoms with van der Waals surface area (Å²) in [7, 11) is 1.40. The summed E-state index contributed by atoms with van der Waals surface area (Å²) >= 11 is 0. The molecule has 3 aromatic carbocycles. The number of rotatable bonds is 7. The molecule has 30 heavy (non-hydrogen) atoms. The van der Waals surface area contributed by atoms with Crippen molar-refractivity contribution in [1.82, 2.24) is 0 Å². The Bertz CT molecular complexity index is 1060. The number of carbonyl (C=O) groups excluding carboxylic acids is 1. The average Bonchev–Trinajstić information content (AvgIpc) is 3.23. The van der Waals surface area contributed by atoms with Crippen LogP contribution in [-0.4, -0.2) is 18.2 Å². The number of hydrogen-bond donors (Lipinski definition) is 1. The molecule has 1 aliphatic rings. The number of benzene rings is 3. The molecular formula is C27H26O3. The highest BCUT2D eigenvalue weighted by Gasteiger charge is 2.22. The number of fused-ring (bicyclic) bond motifs is 1. The van der Waals surface area contributed by atoms with E-state index in [4.69, 9.17) is 4.74 Å². The Morgan fingerprint density at radius 2 is 1.63 bits per heavy atom. The van der Waals surface area contributed by atoms with Crippen LogP contribution in [0.15, 0.2) is 78.4 Å². The van der Waals surface area contributed by atoms with Gasteiger partial charge in [-0.25, -0.2) is 4.79 Å². The van der Waals surface area contributed by atoms with E-state index in [1.807, 2.05) is 42.5 Å². The minimum Gasteiger partial charge on any atom is -0.465 e. The number of ether oxygens (including phenoxy) is 1. The number of esters is 1. The molecule has 4 rings (SSSR count). The van der Waals surface area contributed by atoms with Crippen molar-refractivity contribution in [1.29, 1.82) is 0 Å². The van der Waals surface area contributed by atoms with Gasteiger partial charge in [-0.15, -0.1) is 0 Å². The lowest BCUT2D eigenvalue weighted by Crippen LogP contribution is -2.13. The second kappa shape index (κ2) is 9.10. The first kappa shape index (κ1) is 20.1. The SMILES string of the molecule is COC(=O)c1ccc(C[C@@H](Cc2ccccc2CO)C2=Cc3ccccc3C2)cc1. The van der Waals surface area contributed by atoms with E-state index in [0.29, 0.717) is 11.5 Å². The van der Waals surface area contributed by atoms with Crippen molar-refractivity contribution in [2.24, 2.45) is 5.92 Å². The van der Waals surface area contributed by atoms with Crippen molar-refractivity contribution in [3.05, 3.63) is 112 Å². The summed E-state index contributed by atoms with van der Waals surface area (Å²) in [5, 5.41) is 9.78. The predicted molar refractivity (Wildman–Crippen MR) is 119 cm³/mol. The molecule has 0 fully saturated rings. The third-order valence-electron chi connectivity index (χ3n) is 5.93. The predicted octanol–water partition coefficient (Wildman–Crippen LogP) is 5.01.